The third kappa shape index (κ3) is 2.69. The number of alkyl halides is 3. The van der Waals surface area contributed by atoms with Gasteiger partial charge in [-0.05, 0) is 29.8 Å². The minimum Gasteiger partial charge on any atom is -0.268 e. The van der Waals surface area contributed by atoms with Gasteiger partial charge in [-0.1, -0.05) is 30.3 Å². The summed E-state index contributed by atoms with van der Waals surface area (Å²) < 4.78 is 63.6. The molecular weight excluding hydrogens is 343 g/mol. The molecule has 0 N–H and O–H groups in total. The van der Waals surface area contributed by atoms with E-state index in [1.54, 1.807) is 18.2 Å². The highest BCUT2D eigenvalue weighted by Crippen LogP contribution is 2.36. The van der Waals surface area contributed by atoms with Gasteiger partial charge in [-0.3, -0.25) is 4.79 Å². The molecule has 2 aromatic carbocycles. The second-order valence-electron chi connectivity index (χ2n) is 5.03. The van der Waals surface area contributed by atoms with Crippen molar-refractivity contribution in [3.8, 4) is 0 Å². The Morgan fingerprint density at radius 1 is 0.875 bits per heavy atom. The maximum Gasteiger partial charge on any atom is 0.416 e. The van der Waals surface area contributed by atoms with Crippen LogP contribution in [0.2, 0.25) is 0 Å². The molecule has 0 aliphatic carbocycles. The molecular formula is C16H10F3NO3S. The van der Waals surface area contributed by atoms with E-state index in [9.17, 15) is 26.4 Å². The zero-order chi connectivity index (χ0) is 17.5. The molecule has 24 heavy (non-hydrogen) atoms. The summed E-state index contributed by atoms with van der Waals surface area (Å²) in [7, 11) is -4.17. The van der Waals surface area contributed by atoms with Gasteiger partial charge in [0.05, 0.1) is 11.3 Å². The topological polar surface area (TPSA) is 54.5 Å². The van der Waals surface area contributed by atoms with Gasteiger partial charge < -0.3 is 0 Å². The van der Waals surface area contributed by atoms with Gasteiger partial charge >= 0.3 is 6.18 Å². The minimum absolute atomic E-state index is 0.0229. The molecule has 0 spiro atoms. The van der Waals surface area contributed by atoms with Gasteiger partial charge in [0.1, 0.15) is 4.91 Å². The Morgan fingerprint density at radius 3 is 2.00 bits per heavy atom. The molecule has 3 rings (SSSR count). The lowest BCUT2D eigenvalue weighted by Gasteiger charge is -2.16. The summed E-state index contributed by atoms with van der Waals surface area (Å²) in [5, 5.41) is 0. The average molecular weight is 353 g/mol. The van der Waals surface area contributed by atoms with E-state index >= 15 is 0 Å². The lowest BCUT2D eigenvalue weighted by Crippen LogP contribution is -2.30. The Bertz CT molecular complexity index is 917. The van der Waals surface area contributed by atoms with E-state index in [0.717, 1.165) is 30.3 Å². The summed E-state index contributed by atoms with van der Waals surface area (Å²) in [6, 6.07) is 11.4. The molecule has 0 unspecified atom stereocenters. The molecule has 0 saturated heterocycles. The number of carbonyl (C=O) groups excluding carboxylic acids is 1. The van der Waals surface area contributed by atoms with Gasteiger partial charge in [-0.2, -0.15) is 17.5 Å². The molecule has 0 bridgehead atoms. The normalized spacial score (nSPS) is 17.0. The molecule has 1 aliphatic heterocycles. The second-order valence-corrected chi connectivity index (χ2v) is 6.78. The average Bonchev–Trinajstić information content (AvgIpc) is 2.76. The number of nitrogens with zero attached hydrogens (tertiary/aromatic N) is 1. The van der Waals surface area contributed by atoms with Crippen LogP contribution < -0.4 is 4.31 Å². The van der Waals surface area contributed by atoms with Crippen molar-refractivity contribution in [1.82, 2.24) is 0 Å². The molecule has 2 aromatic rings. The van der Waals surface area contributed by atoms with Crippen LogP contribution in [0.1, 0.15) is 11.1 Å². The predicted molar refractivity (Wildman–Crippen MR) is 82.3 cm³/mol. The molecule has 1 aliphatic rings. The third-order valence-electron chi connectivity index (χ3n) is 3.46. The van der Waals surface area contributed by atoms with Crippen molar-refractivity contribution in [1.29, 1.82) is 0 Å². The third-order valence-corrected chi connectivity index (χ3v) is 5.24. The number of carbonyl (C=O) groups is 1. The summed E-state index contributed by atoms with van der Waals surface area (Å²) >= 11 is 0. The Kier molecular flexibility index (Phi) is 3.71. The van der Waals surface area contributed by atoms with Gasteiger partial charge in [0, 0.05) is 6.08 Å². The molecule has 0 radical (unpaired) electrons. The molecule has 8 heteroatoms. The van der Waals surface area contributed by atoms with E-state index < -0.39 is 27.7 Å². The van der Waals surface area contributed by atoms with E-state index in [0.29, 0.717) is 4.31 Å². The lowest BCUT2D eigenvalue weighted by atomic mass is 10.1. The number of rotatable bonds is 2. The molecule has 1 heterocycles. The van der Waals surface area contributed by atoms with Crippen molar-refractivity contribution >= 4 is 26.5 Å². The van der Waals surface area contributed by atoms with Crippen molar-refractivity contribution in [3.63, 3.8) is 0 Å². The van der Waals surface area contributed by atoms with Crippen LogP contribution in [-0.4, -0.2) is 14.3 Å². The highest BCUT2D eigenvalue weighted by Gasteiger charge is 2.39. The largest absolute Gasteiger partial charge is 0.416 e. The lowest BCUT2D eigenvalue weighted by molar-refractivity contribution is -0.137. The molecule has 1 amide bonds. The highest BCUT2D eigenvalue weighted by molar-refractivity contribution is 8.03. The Labute approximate surface area is 135 Å². The van der Waals surface area contributed by atoms with Crippen molar-refractivity contribution in [2.24, 2.45) is 0 Å². The maximum atomic E-state index is 12.6. The number of anilines is 1. The summed E-state index contributed by atoms with van der Waals surface area (Å²) in [4.78, 5) is 11.8. The van der Waals surface area contributed by atoms with E-state index in [2.05, 4.69) is 0 Å². The monoisotopic (exact) mass is 353 g/mol. The van der Waals surface area contributed by atoms with Crippen LogP contribution in [0.3, 0.4) is 0 Å². The van der Waals surface area contributed by atoms with Crippen LogP contribution in [0.25, 0.3) is 4.91 Å². The number of para-hydroxylation sites is 1. The standard InChI is InChI=1S/C16H10F3NO3S/c17-16(18,19)12-8-6-11(7-9-12)14-10-15(21)20(24(14,22)23)13-4-2-1-3-5-13/h1-10H. The van der Waals surface area contributed by atoms with Crippen LogP contribution >= 0.6 is 0 Å². The van der Waals surface area contributed by atoms with Crippen molar-refractivity contribution in [2.45, 2.75) is 6.18 Å². The zero-order valence-corrected chi connectivity index (χ0v) is 12.8. The van der Waals surface area contributed by atoms with Crippen molar-refractivity contribution in [3.05, 3.63) is 71.8 Å². The molecule has 0 saturated carbocycles. The van der Waals surface area contributed by atoms with Crippen LogP contribution in [0, 0.1) is 0 Å². The number of amides is 1. The van der Waals surface area contributed by atoms with E-state index in [1.807, 2.05) is 0 Å². The van der Waals surface area contributed by atoms with Crippen LogP contribution in [0.4, 0.5) is 18.9 Å². The number of hydrogen-bond donors (Lipinski definition) is 0. The second kappa shape index (κ2) is 5.48. The van der Waals surface area contributed by atoms with Crippen LogP contribution in [0.5, 0.6) is 0 Å². The zero-order valence-electron chi connectivity index (χ0n) is 12.0. The molecule has 0 atom stereocenters. The summed E-state index contributed by atoms with van der Waals surface area (Å²) in [6.45, 7) is 0. The first-order chi connectivity index (χ1) is 11.2. The van der Waals surface area contributed by atoms with E-state index in [1.165, 1.54) is 12.1 Å². The molecule has 0 fully saturated rings. The van der Waals surface area contributed by atoms with Crippen LogP contribution in [0.15, 0.2) is 60.7 Å². The summed E-state index contributed by atoms with van der Waals surface area (Å²) in [6.07, 6.45) is -3.61. The molecule has 4 nitrogen and oxygen atoms in total. The highest BCUT2D eigenvalue weighted by atomic mass is 32.2. The summed E-state index contributed by atoms with van der Waals surface area (Å²) in [5.41, 5.74) is -0.705. The Hall–Kier alpha value is -2.61. The molecule has 0 aromatic heterocycles. The van der Waals surface area contributed by atoms with E-state index in [-0.39, 0.29) is 16.2 Å². The van der Waals surface area contributed by atoms with Gasteiger partial charge in [0.2, 0.25) is 0 Å². The fourth-order valence-corrected chi connectivity index (χ4v) is 3.92. The maximum absolute atomic E-state index is 12.6. The van der Waals surface area contributed by atoms with Gasteiger partial charge in [-0.15, -0.1) is 0 Å². The minimum atomic E-state index is -4.52. The van der Waals surface area contributed by atoms with Crippen molar-refractivity contribution in [2.75, 3.05) is 4.31 Å². The van der Waals surface area contributed by atoms with Crippen molar-refractivity contribution < 1.29 is 26.4 Å². The van der Waals surface area contributed by atoms with E-state index in [4.69, 9.17) is 0 Å². The van der Waals surface area contributed by atoms with Gasteiger partial charge in [-0.25, -0.2) is 8.42 Å². The Morgan fingerprint density at radius 2 is 1.46 bits per heavy atom. The molecule has 124 valence electrons. The predicted octanol–water partition coefficient (Wildman–Crippen LogP) is 3.42. The first-order valence-electron chi connectivity index (χ1n) is 6.75. The van der Waals surface area contributed by atoms with Gasteiger partial charge in [0.25, 0.3) is 15.9 Å². The number of benzene rings is 2. The smallest absolute Gasteiger partial charge is 0.268 e. The number of halogens is 3. The number of sulfonamides is 1. The first-order valence-corrected chi connectivity index (χ1v) is 8.19. The summed E-state index contributed by atoms with van der Waals surface area (Å²) in [5.74, 6) is -0.768. The van der Waals surface area contributed by atoms with Crippen LogP contribution in [-0.2, 0) is 21.0 Å². The quantitative estimate of drug-likeness (QED) is 0.831. The first kappa shape index (κ1) is 16.3. The fourth-order valence-electron chi connectivity index (χ4n) is 2.35. The number of hydrogen-bond acceptors (Lipinski definition) is 3. The Balaban J connectivity index is 2.01. The SMILES string of the molecule is O=C1C=C(c2ccc(C(F)(F)F)cc2)S(=O)(=O)N1c1ccccc1. The fraction of sp³-hybridized carbons (Fsp3) is 0.0625. The van der Waals surface area contributed by atoms with Gasteiger partial charge in [0.15, 0.2) is 0 Å².